The molecule has 3 aromatic carbocycles. The molecule has 0 bridgehead atoms. The first-order chi connectivity index (χ1) is 17.9. The number of aromatic nitrogens is 1. The van der Waals surface area contributed by atoms with E-state index in [0.717, 1.165) is 16.7 Å². The van der Waals surface area contributed by atoms with Gasteiger partial charge in [-0.15, -0.1) is 0 Å². The van der Waals surface area contributed by atoms with Gasteiger partial charge in [0.2, 0.25) is 0 Å². The fourth-order valence-corrected chi connectivity index (χ4v) is 4.14. The van der Waals surface area contributed by atoms with Crippen LogP contribution in [0.15, 0.2) is 71.3 Å². The Hall–Kier alpha value is -4.30. The Morgan fingerprint density at radius 1 is 1.05 bits per heavy atom. The Bertz CT molecular complexity index is 1430. The van der Waals surface area contributed by atoms with Gasteiger partial charge >= 0.3 is 12.1 Å². The second-order valence-corrected chi connectivity index (χ2v) is 8.66. The minimum absolute atomic E-state index is 0.105. The number of methoxy groups -OCH3 is 1. The van der Waals surface area contributed by atoms with Crippen molar-refractivity contribution in [2.75, 3.05) is 19.0 Å². The van der Waals surface area contributed by atoms with Crippen molar-refractivity contribution in [1.29, 1.82) is 0 Å². The van der Waals surface area contributed by atoms with Crippen molar-refractivity contribution in [3.05, 3.63) is 88.6 Å². The molecule has 1 aromatic heterocycles. The van der Waals surface area contributed by atoms with Gasteiger partial charge in [0, 0.05) is 22.6 Å². The summed E-state index contributed by atoms with van der Waals surface area (Å²) in [6.07, 6.45) is -0.266. The molecule has 0 saturated carbocycles. The highest BCUT2D eigenvalue weighted by atomic mass is 35.5. The molecule has 1 heterocycles. The highest BCUT2D eigenvalue weighted by Crippen LogP contribution is 2.36. The van der Waals surface area contributed by atoms with Gasteiger partial charge in [0.1, 0.15) is 17.1 Å². The lowest BCUT2D eigenvalue weighted by Crippen LogP contribution is -2.16. The summed E-state index contributed by atoms with van der Waals surface area (Å²) in [5, 5.41) is 16.7. The van der Waals surface area contributed by atoms with Crippen molar-refractivity contribution >= 4 is 29.4 Å². The average Bonchev–Trinajstić information content (AvgIpc) is 3.24. The molecule has 2 N–H and O–H groups in total. The zero-order chi connectivity index (χ0) is 26.4. The molecule has 0 aliphatic rings. The molecule has 37 heavy (non-hydrogen) atoms. The van der Waals surface area contributed by atoms with Crippen LogP contribution in [-0.2, 0) is 22.4 Å². The molecule has 8 nitrogen and oxygen atoms in total. The topological polar surface area (TPSA) is 111 Å². The Morgan fingerprint density at radius 3 is 2.59 bits per heavy atom. The van der Waals surface area contributed by atoms with Crippen molar-refractivity contribution in [2.24, 2.45) is 0 Å². The fraction of sp³-hybridized carbons (Fsp3) is 0.179. The third kappa shape index (κ3) is 6.29. The largest absolute Gasteiger partial charge is 0.496 e. The van der Waals surface area contributed by atoms with E-state index < -0.39 is 12.1 Å². The number of amides is 1. The van der Waals surface area contributed by atoms with Crippen molar-refractivity contribution in [3.8, 4) is 28.1 Å². The number of aliphatic carboxylic acids is 1. The van der Waals surface area contributed by atoms with Gasteiger partial charge in [-0.1, -0.05) is 59.2 Å². The molecule has 1 amide bonds. The van der Waals surface area contributed by atoms with Crippen LogP contribution in [0, 0.1) is 6.92 Å². The lowest BCUT2D eigenvalue weighted by molar-refractivity contribution is -0.136. The molecule has 0 aliphatic heterocycles. The highest BCUT2D eigenvalue weighted by Gasteiger charge is 2.19. The third-order valence-corrected chi connectivity index (χ3v) is 6.09. The number of carboxylic acids is 1. The summed E-state index contributed by atoms with van der Waals surface area (Å²) in [5.74, 6) is 0.102. The lowest BCUT2D eigenvalue weighted by Gasteiger charge is -2.12. The minimum atomic E-state index is -0.919. The van der Waals surface area contributed by atoms with E-state index in [1.54, 1.807) is 38.3 Å². The number of benzene rings is 3. The number of ether oxygens (including phenoxy) is 2. The van der Waals surface area contributed by atoms with Crippen LogP contribution in [0.2, 0.25) is 5.02 Å². The van der Waals surface area contributed by atoms with Crippen LogP contribution in [0.4, 0.5) is 10.5 Å². The number of nitrogens with one attached hydrogen (secondary N) is 1. The van der Waals surface area contributed by atoms with E-state index >= 15 is 0 Å². The number of carbonyl (C=O) groups is 2. The van der Waals surface area contributed by atoms with Gasteiger partial charge < -0.3 is 19.1 Å². The molecule has 0 spiro atoms. The zero-order valence-corrected chi connectivity index (χ0v) is 21.0. The summed E-state index contributed by atoms with van der Waals surface area (Å²) in [5.41, 5.74) is 4.57. The molecule has 4 aromatic rings. The molecule has 0 atom stereocenters. The summed E-state index contributed by atoms with van der Waals surface area (Å²) >= 11 is 6.16. The molecule has 0 aliphatic carbocycles. The number of halogens is 1. The second kappa shape index (κ2) is 11.6. The molecule has 0 fully saturated rings. The van der Waals surface area contributed by atoms with Crippen molar-refractivity contribution < 1.29 is 28.7 Å². The normalized spacial score (nSPS) is 10.7. The zero-order valence-electron chi connectivity index (χ0n) is 20.3. The van der Waals surface area contributed by atoms with Crippen molar-refractivity contribution in [3.63, 3.8) is 0 Å². The monoisotopic (exact) mass is 520 g/mol. The molecule has 0 radical (unpaired) electrons. The molecular weight excluding hydrogens is 496 g/mol. The van der Waals surface area contributed by atoms with E-state index in [1.807, 2.05) is 42.5 Å². The fourth-order valence-electron chi connectivity index (χ4n) is 3.91. The smallest absolute Gasteiger partial charge is 0.411 e. The minimum Gasteiger partial charge on any atom is -0.496 e. The van der Waals surface area contributed by atoms with Crippen molar-refractivity contribution in [1.82, 2.24) is 5.16 Å². The van der Waals surface area contributed by atoms with Gasteiger partial charge in [0.15, 0.2) is 5.76 Å². The lowest BCUT2D eigenvalue weighted by atomic mass is 9.98. The number of carbonyl (C=O) groups excluding carboxylic acids is 1. The summed E-state index contributed by atoms with van der Waals surface area (Å²) in [7, 11) is 1.56. The predicted molar refractivity (Wildman–Crippen MR) is 140 cm³/mol. The molecule has 190 valence electrons. The number of nitrogens with zero attached hydrogens (tertiary/aromatic N) is 1. The first kappa shape index (κ1) is 25.8. The maximum Gasteiger partial charge on any atom is 0.411 e. The number of anilines is 1. The first-order valence-corrected chi connectivity index (χ1v) is 11.9. The highest BCUT2D eigenvalue weighted by molar-refractivity contribution is 6.31. The molecule has 4 rings (SSSR count). The Kier molecular flexibility index (Phi) is 8.10. The number of aryl methyl sites for hydroxylation is 1. The van der Waals surface area contributed by atoms with Gasteiger partial charge in [0.25, 0.3) is 0 Å². The van der Waals surface area contributed by atoms with Gasteiger partial charge in [-0.05, 0) is 47.9 Å². The Balaban J connectivity index is 1.54. The van der Waals surface area contributed by atoms with E-state index in [1.165, 1.54) is 0 Å². The number of hydrogen-bond acceptors (Lipinski definition) is 6. The van der Waals surface area contributed by atoms with E-state index in [0.29, 0.717) is 45.5 Å². The van der Waals surface area contributed by atoms with E-state index in [9.17, 15) is 14.7 Å². The molecule has 9 heteroatoms. The van der Waals surface area contributed by atoms with Crippen LogP contribution in [-0.4, -0.2) is 36.0 Å². The van der Waals surface area contributed by atoms with Gasteiger partial charge in [-0.25, -0.2) is 4.79 Å². The van der Waals surface area contributed by atoms with E-state index in [4.69, 9.17) is 25.6 Å². The van der Waals surface area contributed by atoms with Crippen molar-refractivity contribution in [2.45, 2.75) is 19.8 Å². The Labute approximate surface area is 218 Å². The predicted octanol–water partition coefficient (Wildman–Crippen LogP) is 6.40. The third-order valence-electron chi connectivity index (χ3n) is 5.72. The molecule has 0 saturated heterocycles. The number of carboxylic acid groups (broad SMARTS) is 1. The number of rotatable bonds is 9. The van der Waals surface area contributed by atoms with Gasteiger partial charge in [-0.3, -0.25) is 10.1 Å². The molecular formula is C28H25ClN2O6. The summed E-state index contributed by atoms with van der Waals surface area (Å²) in [6, 6.07) is 20.1. The summed E-state index contributed by atoms with van der Waals surface area (Å²) < 4.78 is 16.2. The van der Waals surface area contributed by atoms with Crippen LogP contribution in [0.25, 0.3) is 22.4 Å². The van der Waals surface area contributed by atoms with Crippen LogP contribution >= 0.6 is 11.6 Å². The summed E-state index contributed by atoms with van der Waals surface area (Å²) in [4.78, 5) is 23.7. The average molecular weight is 521 g/mol. The molecule has 0 unspecified atom stereocenters. The van der Waals surface area contributed by atoms with E-state index in [2.05, 4.69) is 10.5 Å². The van der Waals surface area contributed by atoms with Crippen LogP contribution in [0.3, 0.4) is 0 Å². The van der Waals surface area contributed by atoms with Crippen LogP contribution in [0.1, 0.15) is 16.9 Å². The first-order valence-electron chi connectivity index (χ1n) is 11.5. The Morgan fingerprint density at radius 2 is 1.84 bits per heavy atom. The van der Waals surface area contributed by atoms with Gasteiger partial charge in [0.05, 0.1) is 20.1 Å². The standard InChI is InChI=1S/C28H25ClN2O6/c1-17-26(30-28(34)36-13-12-19-6-3-4-9-23(19)29)27(31-37-17)21-8-5-7-20(16-21)22-14-18(15-25(32)33)10-11-24(22)35-2/h3-11,14,16H,12-13,15H2,1-2H3,(H,30,34)(H,32,33). The summed E-state index contributed by atoms with van der Waals surface area (Å²) in [6.45, 7) is 1.84. The maximum absolute atomic E-state index is 12.5. The second-order valence-electron chi connectivity index (χ2n) is 8.25. The van der Waals surface area contributed by atoms with Crippen LogP contribution in [0.5, 0.6) is 5.75 Å². The van der Waals surface area contributed by atoms with Gasteiger partial charge in [-0.2, -0.15) is 0 Å². The van der Waals surface area contributed by atoms with Crippen LogP contribution < -0.4 is 10.1 Å². The quantitative estimate of drug-likeness (QED) is 0.263. The SMILES string of the molecule is COc1ccc(CC(=O)O)cc1-c1cccc(-c2noc(C)c2NC(=O)OCCc2ccccc2Cl)c1. The number of hydrogen-bond donors (Lipinski definition) is 2. The maximum atomic E-state index is 12.5. The van der Waals surface area contributed by atoms with E-state index in [-0.39, 0.29) is 13.0 Å².